The summed E-state index contributed by atoms with van der Waals surface area (Å²) in [5.74, 6) is 0.801. The number of H-pyrrole nitrogens is 1. The van der Waals surface area contributed by atoms with Crippen LogP contribution in [0, 0.1) is 0 Å². The van der Waals surface area contributed by atoms with Gasteiger partial charge in [0.15, 0.2) is 0 Å². The van der Waals surface area contributed by atoms with Crippen molar-refractivity contribution in [1.82, 2.24) is 9.96 Å². The van der Waals surface area contributed by atoms with Gasteiger partial charge in [-0.3, -0.25) is 4.86 Å². The summed E-state index contributed by atoms with van der Waals surface area (Å²) in [4.78, 5) is 3.06. The molecule has 0 saturated heterocycles. The smallest absolute Gasteiger partial charge is 0.0570 e. The highest BCUT2D eigenvalue weighted by atomic mass is 31.0. The maximum absolute atomic E-state index is 4.15. The second-order valence-corrected chi connectivity index (χ2v) is 6.29. The summed E-state index contributed by atoms with van der Waals surface area (Å²) in [6.07, 6.45) is 17.8. The van der Waals surface area contributed by atoms with Gasteiger partial charge in [-0.25, -0.2) is 0 Å². The molecule has 1 saturated carbocycles. The minimum absolute atomic E-state index is 0.801. The van der Waals surface area contributed by atoms with Crippen molar-refractivity contribution < 1.29 is 0 Å². The van der Waals surface area contributed by atoms with Crippen molar-refractivity contribution in [3.05, 3.63) is 11.5 Å². The fraction of sp³-hybridized carbons (Fsp3) is 0.857. The van der Waals surface area contributed by atoms with Gasteiger partial charge in [0, 0.05) is 13.6 Å². The van der Waals surface area contributed by atoms with Crippen molar-refractivity contribution in [2.75, 3.05) is 0 Å². The first-order valence-corrected chi connectivity index (χ1v) is 8.22. The zero-order valence-corrected chi connectivity index (χ0v) is 11.7. The molecule has 0 bridgehead atoms. The first kappa shape index (κ1) is 13.1. The molecule has 0 aliphatic heterocycles. The van der Waals surface area contributed by atoms with Crippen LogP contribution in [-0.2, 0) is 0 Å². The van der Waals surface area contributed by atoms with Crippen LogP contribution in [0.5, 0.6) is 0 Å². The third kappa shape index (κ3) is 4.79. The molecule has 1 fully saturated rings. The molecular formula is C14H25N2P. The van der Waals surface area contributed by atoms with Gasteiger partial charge in [-0.05, 0) is 18.8 Å². The molecule has 2 nitrogen and oxygen atoms in total. The summed E-state index contributed by atoms with van der Waals surface area (Å²) in [5, 5.41) is 5.67. The van der Waals surface area contributed by atoms with Crippen LogP contribution in [0.15, 0.2) is 6.20 Å². The van der Waals surface area contributed by atoms with Crippen molar-refractivity contribution in [1.29, 1.82) is 0 Å². The third-order valence-corrected chi connectivity index (χ3v) is 4.91. The monoisotopic (exact) mass is 252 g/mol. The van der Waals surface area contributed by atoms with Gasteiger partial charge in [-0.15, -0.1) is 0 Å². The summed E-state index contributed by atoms with van der Waals surface area (Å²) >= 11 is 0. The molecule has 17 heavy (non-hydrogen) atoms. The second-order valence-electron chi connectivity index (χ2n) is 5.35. The summed E-state index contributed by atoms with van der Waals surface area (Å²) in [7, 11) is 1.25. The van der Waals surface area contributed by atoms with Crippen LogP contribution in [0.4, 0.5) is 0 Å². The largest absolute Gasteiger partial charge is 0.260 e. The van der Waals surface area contributed by atoms with Gasteiger partial charge >= 0.3 is 0 Å². The molecule has 2 rings (SSSR count). The lowest BCUT2D eigenvalue weighted by Gasteiger charge is -2.15. The van der Waals surface area contributed by atoms with Crippen LogP contribution in [0.25, 0.3) is 0 Å². The van der Waals surface area contributed by atoms with Crippen LogP contribution in [0.1, 0.15) is 81.8 Å². The van der Waals surface area contributed by atoms with Crippen LogP contribution in [-0.4, -0.2) is 9.96 Å². The van der Waals surface area contributed by atoms with Crippen molar-refractivity contribution in [3.8, 4) is 0 Å². The van der Waals surface area contributed by atoms with Crippen LogP contribution in [0.3, 0.4) is 0 Å². The molecule has 1 aliphatic carbocycles. The van der Waals surface area contributed by atoms with Gasteiger partial charge in [0.2, 0.25) is 0 Å². The molecule has 0 aromatic carbocycles. The lowest BCUT2D eigenvalue weighted by molar-refractivity contribution is 0.470. The average Bonchev–Trinajstić information content (AvgIpc) is 2.83. The Morgan fingerprint density at radius 3 is 1.88 bits per heavy atom. The zero-order valence-electron chi connectivity index (χ0n) is 10.8. The van der Waals surface area contributed by atoms with Crippen molar-refractivity contribution in [2.45, 2.75) is 76.5 Å². The second kappa shape index (κ2) is 7.87. The minimum atomic E-state index is 0.801. The maximum Gasteiger partial charge on any atom is 0.0570 e. The number of hydrogen-bond acceptors (Lipinski definition) is 1. The predicted octanol–water partition coefficient (Wildman–Crippen LogP) is 5.38. The fourth-order valence-electron chi connectivity index (χ4n) is 2.87. The lowest BCUT2D eigenvalue weighted by Crippen LogP contribution is -1.98. The van der Waals surface area contributed by atoms with Crippen LogP contribution >= 0.6 is 8.35 Å². The number of nitrogens with zero attached hydrogens (tertiary/aromatic N) is 1. The first-order valence-electron chi connectivity index (χ1n) is 7.32. The Bertz CT molecular complexity index is 272. The maximum atomic E-state index is 4.15. The number of aromatic amines is 1. The summed E-state index contributed by atoms with van der Waals surface area (Å²) in [6.45, 7) is 0. The Kier molecular flexibility index (Phi) is 6.05. The van der Waals surface area contributed by atoms with Crippen molar-refractivity contribution in [3.63, 3.8) is 0 Å². The number of rotatable bonds is 1. The zero-order chi connectivity index (χ0) is 11.8. The van der Waals surface area contributed by atoms with Gasteiger partial charge < -0.3 is 0 Å². The molecule has 1 aliphatic rings. The first-order chi connectivity index (χ1) is 8.47. The molecule has 0 radical (unpaired) electrons. The normalized spacial score (nSPS) is 22.1. The van der Waals surface area contributed by atoms with E-state index < -0.39 is 0 Å². The Morgan fingerprint density at radius 1 is 0.882 bits per heavy atom. The molecule has 0 atom stereocenters. The van der Waals surface area contributed by atoms with Gasteiger partial charge in [0.05, 0.1) is 6.20 Å². The van der Waals surface area contributed by atoms with E-state index in [4.69, 9.17) is 0 Å². The minimum Gasteiger partial charge on any atom is -0.260 e. The van der Waals surface area contributed by atoms with Gasteiger partial charge in [-0.2, -0.15) is 5.10 Å². The van der Waals surface area contributed by atoms with E-state index in [1.807, 2.05) is 0 Å². The Labute approximate surface area is 107 Å². The number of aromatic nitrogens is 2. The highest BCUT2D eigenvalue weighted by molar-refractivity contribution is 7.26. The van der Waals surface area contributed by atoms with E-state index in [0.717, 1.165) is 5.92 Å². The van der Waals surface area contributed by atoms with Gasteiger partial charge in [0.1, 0.15) is 0 Å². The fourth-order valence-corrected chi connectivity index (χ4v) is 3.65. The summed E-state index contributed by atoms with van der Waals surface area (Å²) in [5.41, 5.74) is 0. The molecule has 0 unspecified atom stereocenters. The van der Waals surface area contributed by atoms with Crippen molar-refractivity contribution >= 4 is 8.35 Å². The molecule has 1 aromatic rings. The van der Waals surface area contributed by atoms with E-state index in [-0.39, 0.29) is 0 Å². The predicted molar refractivity (Wildman–Crippen MR) is 74.6 cm³/mol. The van der Waals surface area contributed by atoms with Crippen LogP contribution < -0.4 is 0 Å². The summed E-state index contributed by atoms with van der Waals surface area (Å²) in [6, 6.07) is 0. The van der Waals surface area contributed by atoms with Crippen LogP contribution in [0.2, 0.25) is 0 Å². The Hall–Kier alpha value is -0.360. The SMILES string of the molecule is c1n[nH]pc1C1CCCCCCCCCCC1. The molecular weight excluding hydrogens is 227 g/mol. The topological polar surface area (TPSA) is 28.7 Å². The molecule has 1 aromatic heterocycles. The van der Waals surface area contributed by atoms with Gasteiger partial charge in [0.25, 0.3) is 0 Å². The van der Waals surface area contributed by atoms with E-state index in [2.05, 4.69) is 16.2 Å². The quantitative estimate of drug-likeness (QED) is 0.714. The van der Waals surface area contributed by atoms with E-state index in [1.165, 1.54) is 84.3 Å². The molecule has 1 heterocycles. The molecule has 0 spiro atoms. The van der Waals surface area contributed by atoms with E-state index in [1.54, 1.807) is 0 Å². The highest BCUT2D eigenvalue weighted by Crippen LogP contribution is 2.32. The lowest BCUT2D eigenvalue weighted by atomic mass is 9.92. The summed E-state index contributed by atoms with van der Waals surface area (Å²) < 4.78 is 0. The standard InChI is InChI=1S/C14H25N2P/c1-2-4-6-8-10-13(11-9-7-5-3-1)14-12-15-16-17-14/h12-13H,1-11H2,(H,15,16). The van der Waals surface area contributed by atoms with Gasteiger partial charge in [-0.1, -0.05) is 57.8 Å². The Morgan fingerprint density at radius 2 is 1.41 bits per heavy atom. The average molecular weight is 252 g/mol. The van der Waals surface area contributed by atoms with E-state index in [0.29, 0.717) is 0 Å². The number of hydrogen-bond donors (Lipinski definition) is 1. The molecule has 3 heteroatoms. The molecule has 0 amide bonds. The number of nitrogens with one attached hydrogen (secondary N) is 1. The van der Waals surface area contributed by atoms with Crippen molar-refractivity contribution in [2.24, 2.45) is 0 Å². The molecule has 96 valence electrons. The molecule has 1 N–H and O–H groups in total. The van der Waals surface area contributed by atoms with E-state index in [9.17, 15) is 0 Å². The highest BCUT2D eigenvalue weighted by Gasteiger charge is 2.13. The Balaban J connectivity index is 1.84. The van der Waals surface area contributed by atoms with E-state index >= 15 is 0 Å². The third-order valence-electron chi connectivity index (χ3n) is 3.96.